The normalized spacial score (nSPS) is 15.5. The van der Waals surface area contributed by atoms with Gasteiger partial charge in [0.25, 0.3) is 5.56 Å². The molecule has 2 aromatic heterocycles. The highest BCUT2D eigenvalue weighted by Gasteiger charge is 2.12. The summed E-state index contributed by atoms with van der Waals surface area (Å²) in [7, 11) is 0. The summed E-state index contributed by atoms with van der Waals surface area (Å²) in [5.41, 5.74) is 0.875. The second kappa shape index (κ2) is 5.85. The van der Waals surface area contributed by atoms with Crippen molar-refractivity contribution in [1.82, 2.24) is 24.5 Å². The Morgan fingerprint density at radius 3 is 2.65 bits per heavy atom. The number of rotatable bonds is 4. The number of nitrogens with zero attached hydrogens (tertiary/aromatic N) is 6. The zero-order valence-electron chi connectivity index (χ0n) is 11.4. The zero-order valence-corrected chi connectivity index (χ0v) is 11.4. The van der Waals surface area contributed by atoms with E-state index in [1.165, 1.54) is 30.3 Å². The van der Waals surface area contributed by atoms with Crippen molar-refractivity contribution < 1.29 is 0 Å². The molecule has 0 atom stereocenters. The molecule has 1 aliphatic heterocycles. The molecule has 1 fully saturated rings. The largest absolute Gasteiger partial charge is 0.370 e. The molecule has 0 N–H and O–H groups in total. The molecule has 2 aromatic rings. The third kappa shape index (κ3) is 2.87. The molecule has 0 saturated carbocycles. The zero-order chi connectivity index (χ0) is 13.8. The lowest BCUT2D eigenvalue weighted by Crippen LogP contribution is -2.32. The smallest absolute Gasteiger partial charge is 0.268 e. The van der Waals surface area contributed by atoms with Crippen LogP contribution in [0.25, 0.3) is 0 Å². The van der Waals surface area contributed by atoms with Gasteiger partial charge in [-0.2, -0.15) is 10.2 Å². The minimum Gasteiger partial charge on any atom is -0.370 e. The first-order chi connectivity index (χ1) is 9.83. The van der Waals surface area contributed by atoms with Gasteiger partial charge in [-0.15, -0.1) is 0 Å². The van der Waals surface area contributed by atoms with Gasteiger partial charge in [0, 0.05) is 19.2 Å². The van der Waals surface area contributed by atoms with E-state index in [-0.39, 0.29) is 5.56 Å². The van der Waals surface area contributed by atoms with Crippen LogP contribution < -0.4 is 10.5 Å². The summed E-state index contributed by atoms with van der Waals surface area (Å²) in [4.78, 5) is 18.2. The fourth-order valence-corrected chi connectivity index (χ4v) is 2.46. The molecule has 0 aliphatic carbocycles. The van der Waals surface area contributed by atoms with Gasteiger partial charge in [0.05, 0.1) is 25.0 Å². The molecule has 0 bridgehead atoms. The van der Waals surface area contributed by atoms with E-state index in [4.69, 9.17) is 0 Å². The lowest BCUT2D eigenvalue weighted by Gasteiger charge is -2.28. The van der Waals surface area contributed by atoms with Gasteiger partial charge in [-0.25, -0.2) is 9.67 Å². The number of aryl methyl sites for hydroxylation is 2. The van der Waals surface area contributed by atoms with E-state index in [1.54, 1.807) is 23.3 Å². The standard InChI is InChI=1S/C13H18N6O/c20-13-8-12(17-4-2-1-3-5-17)9-15-19(13)7-6-18-11-14-10-16-18/h8-11H,1-7H2. The predicted octanol–water partition coefficient (Wildman–Crippen LogP) is 0.525. The molecule has 0 spiro atoms. The van der Waals surface area contributed by atoms with Crippen LogP contribution in [0.15, 0.2) is 29.7 Å². The van der Waals surface area contributed by atoms with Gasteiger partial charge in [0.15, 0.2) is 0 Å². The van der Waals surface area contributed by atoms with Crippen LogP contribution in [0.1, 0.15) is 19.3 Å². The lowest BCUT2D eigenvalue weighted by molar-refractivity contribution is 0.480. The molecule has 1 aliphatic rings. The first-order valence-electron chi connectivity index (χ1n) is 6.97. The van der Waals surface area contributed by atoms with Crippen LogP contribution in [0.4, 0.5) is 5.69 Å². The number of piperidine rings is 1. The van der Waals surface area contributed by atoms with Crippen molar-refractivity contribution in [2.45, 2.75) is 32.4 Å². The quantitative estimate of drug-likeness (QED) is 0.813. The molecular formula is C13H18N6O. The first-order valence-corrected chi connectivity index (χ1v) is 6.97. The molecule has 106 valence electrons. The molecule has 0 radical (unpaired) electrons. The number of anilines is 1. The molecule has 7 heteroatoms. The SMILES string of the molecule is O=c1cc(N2CCCCC2)cnn1CCn1cncn1. The second-order valence-corrected chi connectivity index (χ2v) is 4.98. The van der Waals surface area contributed by atoms with Crippen LogP contribution in [0.5, 0.6) is 0 Å². The Hall–Kier alpha value is -2.18. The molecule has 7 nitrogen and oxygen atoms in total. The minimum atomic E-state index is -0.0619. The van der Waals surface area contributed by atoms with E-state index in [0.717, 1.165) is 18.8 Å². The minimum absolute atomic E-state index is 0.0619. The monoisotopic (exact) mass is 274 g/mol. The first kappa shape index (κ1) is 12.8. The van der Waals surface area contributed by atoms with Crippen molar-refractivity contribution >= 4 is 5.69 Å². The van der Waals surface area contributed by atoms with E-state index >= 15 is 0 Å². The van der Waals surface area contributed by atoms with Crippen LogP contribution in [0, 0.1) is 0 Å². The number of aromatic nitrogens is 5. The van der Waals surface area contributed by atoms with Crippen LogP contribution in [0.3, 0.4) is 0 Å². The highest BCUT2D eigenvalue weighted by molar-refractivity contribution is 5.43. The third-order valence-corrected chi connectivity index (χ3v) is 3.58. The summed E-state index contributed by atoms with van der Waals surface area (Å²) >= 11 is 0. The number of hydrogen-bond donors (Lipinski definition) is 0. The van der Waals surface area contributed by atoms with E-state index in [1.807, 2.05) is 0 Å². The summed E-state index contributed by atoms with van der Waals surface area (Å²) in [6, 6.07) is 1.68. The third-order valence-electron chi connectivity index (χ3n) is 3.58. The molecule has 0 aromatic carbocycles. The Balaban J connectivity index is 1.69. The fraction of sp³-hybridized carbons (Fsp3) is 0.538. The summed E-state index contributed by atoms with van der Waals surface area (Å²) in [5.74, 6) is 0. The molecule has 0 amide bonds. The van der Waals surface area contributed by atoms with Gasteiger partial charge in [-0.3, -0.25) is 9.48 Å². The molecular weight excluding hydrogens is 256 g/mol. The van der Waals surface area contributed by atoms with Gasteiger partial charge < -0.3 is 4.90 Å². The van der Waals surface area contributed by atoms with E-state index in [0.29, 0.717) is 13.1 Å². The van der Waals surface area contributed by atoms with Crippen LogP contribution in [-0.4, -0.2) is 37.6 Å². The van der Waals surface area contributed by atoms with Crippen molar-refractivity contribution in [2.75, 3.05) is 18.0 Å². The van der Waals surface area contributed by atoms with Crippen molar-refractivity contribution in [1.29, 1.82) is 0 Å². The summed E-state index contributed by atoms with van der Waals surface area (Å²) in [5, 5.41) is 8.26. The van der Waals surface area contributed by atoms with Gasteiger partial charge in [-0.05, 0) is 19.3 Å². The molecule has 3 rings (SSSR count). The van der Waals surface area contributed by atoms with Crippen molar-refractivity contribution in [3.05, 3.63) is 35.3 Å². The van der Waals surface area contributed by atoms with Crippen LogP contribution in [0.2, 0.25) is 0 Å². The van der Waals surface area contributed by atoms with Crippen LogP contribution >= 0.6 is 0 Å². The van der Waals surface area contributed by atoms with Gasteiger partial charge in [0.1, 0.15) is 12.7 Å². The summed E-state index contributed by atoms with van der Waals surface area (Å²) in [6.07, 6.45) is 8.56. The maximum absolute atomic E-state index is 12.1. The van der Waals surface area contributed by atoms with E-state index in [2.05, 4.69) is 20.1 Å². The summed E-state index contributed by atoms with van der Waals surface area (Å²) < 4.78 is 3.15. The van der Waals surface area contributed by atoms with E-state index < -0.39 is 0 Å². The number of hydrogen-bond acceptors (Lipinski definition) is 5. The average molecular weight is 274 g/mol. The molecule has 0 unspecified atom stereocenters. The maximum atomic E-state index is 12.1. The van der Waals surface area contributed by atoms with Gasteiger partial charge in [-0.1, -0.05) is 0 Å². The Morgan fingerprint density at radius 2 is 1.95 bits per heavy atom. The second-order valence-electron chi connectivity index (χ2n) is 4.98. The average Bonchev–Trinajstić information content (AvgIpc) is 3.00. The molecule has 20 heavy (non-hydrogen) atoms. The predicted molar refractivity (Wildman–Crippen MR) is 74.6 cm³/mol. The molecule has 1 saturated heterocycles. The highest BCUT2D eigenvalue weighted by Crippen LogP contribution is 2.16. The Labute approximate surface area is 116 Å². The van der Waals surface area contributed by atoms with Gasteiger partial charge >= 0.3 is 0 Å². The lowest BCUT2D eigenvalue weighted by atomic mass is 10.1. The van der Waals surface area contributed by atoms with E-state index in [9.17, 15) is 4.79 Å². The topological polar surface area (TPSA) is 68.8 Å². The van der Waals surface area contributed by atoms with Crippen molar-refractivity contribution in [3.63, 3.8) is 0 Å². The maximum Gasteiger partial charge on any atom is 0.268 e. The fourth-order valence-electron chi connectivity index (χ4n) is 2.46. The van der Waals surface area contributed by atoms with Gasteiger partial charge in [0.2, 0.25) is 0 Å². The highest BCUT2D eigenvalue weighted by atomic mass is 16.1. The van der Waals surface area contributed by atoms with Crippen LogP contribution in [-0.2, 0) is 13.1 Å². The Morgan fingerprint density at radius 1 is 1.10 bits per heavy atom. The Kier molecular flexibility index (Phi) is 3.76. The Bertz CT molecular complexity index is 600. The van der Waals surface area contributed by atoms with Crippen molar-refractivity contribution in [2.24, 2.45) is 0 Å². The molecule has 3 heterocycles. The van der Waals surface area contributed by atoms with Crippen molar-refractivity contribution in [3.8, 4) is 0 Å². The summed E-state index contributed by atoms with van der Waals surface area (Å²) in [6.45, 7) is 3.13.